The maximum Gasteiger partial charge on any atom is 0.342 e. The second-order valence-corrected chi connectivity index (χ2v) is 6.43. The summed E-state index contributed by atoms with van der Waals surface area (Å²) in [6.07, 6.45) is 1.80. The Morgan fingerprint density at radius 1 is 1.36 bits per heavy atom. The van der Waals surface area contributed by atoms with Crippen molar-refractivity contribution in [3.05, 3.63) is 22.7 Å². The number of methoxy groups -OCH3 is 1. The van der Waals surface area contributed by atoms with Crippen LogP contribution in [0.15, 0.2) is 12.1 Å². The van der Waals surface area contributed by atoms with Crippen molar-refractivity contribution >= 4 is 29.2 Å². The van der Waals surface area contributed by atoms with E-state index >= 15 is 0 Å². The molecule has 0 atom stereocenters. The molecule has 0 unspecified atom stereocenters. The third-order valence-corrected chi connectivity index (χ3v) is 4.50. The van der Waals surface area contributed by atoms with E-state index in [1.165, 1.54) is 26.2 Å². The highest BCUT2D eigenvalue weighted by Gasteiger charge is 2.20. The molecule has 1 aromatic rings. The number of nitrogens with two attached hydrogens (primary N) is 1. The number of esters is 1. The normalized spacial score (nSPS) is 15.6. The molecule has 1 saturated heterocycles. The molecule has 7 nitrogen and oxygen atoms in total. The molecule has 1 heterocycles. The first-order valence-electron chi connectivity index (χ1n) is 8.20. The monoisotopic (exact) mass is 369 g/mol. The number of anilines is 1. The largest absolute Gasteiger partial charge is 0.496 e. The molecule has 0 bridgehead atoms. The van der Waals surface area contributed by atoms with E-state index in [0.29, 0.717) is 18.0 Å². The van der Waals surface area contributed by atoms with Crippen LogP contribution in [0, 0.1) is 0 Å². The predicted molar refractivity (Wildman–Crippen MR) is 96.0 cm³/mol. The summed E-state index contributed by atoms with van der Waals surface area (Å²) in [7, 11) is 1.46. The van der Waals surface area contributed by atoms with Crippen molar-refractivity contribution in [2.45, 2.75) is 25.8 Å². The molecule has 1 aromatic carbocycles. The van der Waals surface area contributed by atoms with Crippen molar-refractivity contribution in [3.8, 4) is 5.75 Å². The Morgan fingerprint density at radius 2 is 2.04 bits per heavy atom. The zero-order valence-corrected chi connectivity index (χ0v) is 15.3. The first-order chi connectivity index (χ1) is 11.9. The minimum Gasteiger partial charge on any atom is -0.496 e. The van der Waals surface area contributed by atoms with Crippen LogP contribution in [-0.4, -0.2) is 56.2 Å². The van der Waals surface area contributed by atoms with Gasteiger partial charge in [-0.15, -0.1) is 0 Å². The van der Waals surface area contributed by atoms with E-state index in [1.807, 2.05) is 0 Å². The highest BCUT2D eigenvalue weighted by molar-refractivity contribution is 6.33. The summed E-state index contributed by atoms with van der Waals surface area (Å²) < 4.78 is 10.5. The summed E-state index contributed by atoms with van der Waals surface area (Å²) >= 11 is 5.97. The number of halogens is 1. The summed E-state index contributed by atoms with van der Waals surface area (Å²) in [5.41, 5.74) is 6.31. The van der Waals surface area contributed by atoms with Crippen LogP contribution in [-0.2, 0) is 9.53 Å². The smallest absolute Gasteiger partial charge is 0.342 e. The minimum atomic E-state index is -0.494. The van der Waals surface area contributed by atoms with E-state index in [9.17, 15) is 9.59 Å². The summed E-state index contributed by atoms with van der Waals surface area (Å²) in [4.78, 5) is 25.5. The Morgan fingerprint density at radius 3 is 2.64 bits per heavy atom. The van der Waals surface area contributed by atoms with Gasteiger partial charge >= 0.3 is 5.97 Å². The van der Waals surface area contributed by atoms with Gasteiger partial charge in [-0.05, 0) is 18.9 Å². The topological polar surface area (TPSA) is 93.9 Å². The number of amides is 1. The van der Waals surface area contributed by atoms with Gasteiger partial charge in [0.15, 0.2) is 0 Å². The molecular weight excluding hydrogens is 346 g/mol. The molecule has 0 saturated carbocycles. The number of nitrogen functional groups attached to an aromatic ring is 1. The summed E-state index contributed by atoms with van der Waals surface area (Å²) in [6, 6.07) is 3.19. The fourth-order valence-corrected chi connectivity index (χ4v) is 2.99. The quantitative estimate of drug-likeness (QED) is 0.585. The van der Waals surface area contributed by atoms with Crippen molar-refractivity contribution in [1.29, 1.82) is 0 Å². The zero-order chi connectivity index (χ0) is 18.4. The average molecular weight is 370 g/mol. The zero-order valence-electron chi connectivity index (χ0n) is 14.5. The van der Waals surface area contributed by atoms with E-state index in [4.69, 9.17) is 26.8 Å². The fraction of sp³-hybridized carbons (Fsp3) is 0.529. The van der Waals surface area contributed by atoms with Crippen LogP contribution in [0.3, 0.4) is 0 Å². The van der Waals surface area contributed by atoms with Crippen molar-refractivity contribution in [3.63, 3.8) is 0 Å². The van der Waals surface area contributed by atoms with E-state index in [1.54, 1.807) is 0 Å². The number of hydrogen-bond acceptors (Lipinski definition) is 6. The van der Waals surface area contributed by atoms with Crippen LogP contribution < -0.4 is 15.8 Å². The number of benzene rings is 1. The van der Waals surface area contributed by atoms with E-state index in [0.717, 1.165) is 25.9 Å². The Hall–Kier alpha value is -1.99. The van der Waals surface area contributed by atoms with Gasteiger partial charge in [-0.25, -0.2) is 4.79 Å². The van der Waals surface area contributed by atoms with Gasteiger partial charge < -0.3 is 20.5 Å². The number of carbonyl (C=O) groups excluding carboxylic acids is 2. The van der Waals surface area contributed by atoms with Gasteiger partial charge in [-0.1, -0.05) is 11.6 Å². The Bertz CT molecular complexity index is 631. The number of ether oxygens (including phenoxy) is 2. The third-order valence-electron chi connectivity index (χ3n) is 4.17. The molecule has 0 radical (unpaired) electrons. The van der Waals surface area contributed by atoms with Crippen molar-refractivity contribution < 1.29 is 19.1 Å². The summed E-state index contributed by atoms with van der Waals surface area (Å²) in [5, 5.41) is 3.22. The molecule has 3 N–H and O–H groups in total. The van der Waals surface area contributed by atoms with Gasteiger partial charge in [-0.2, -0.15) is 0 Å². The van der Waals surface area contributed by atoms with Crippen molar-refractivity contribution in [2.24, 2.45) is 0 Å². The molecule has 8 heteroatoms. The number of nitrogens with zero attached hydrogens (tertiary/aromatic N) is 1. The number of rotatable bonds is 6. The molecule has 138 valence electrons. The molecule has 0 aliphatic carbocycles. The number of carbonyl (C=O) groups is 2. The predicted octanol–water partition coefficient (Wildman–Crippen LogP) is 1.69. The first kappa shape index (κ1) is 19.3. The molecular formula is C17H24ClN3O4. The Labute approximate surface area is 152 Å². The van der Waals surface area contributed by atoms with Crippen LogP contribution >= 0.6 is 11.6 Å². The first-order valence-corrected chi connectivity index (χ1v) is 8.58. The Kier molecular flexibility index (Phi) is 6.90. The molecule has 2 rings (SSSR count). The highest BCUT2D eigenvalue weighted by atomic mass is 35.5. The lowest BCUT2D eigenvalue weighted by Gasteiger charge is -2.31. The molecule has 1 fully saturated rings. The number of likely N-dealkylation sites (tertiary alicyclic amines) is 1. The Balaban J connectivity index is 1.80. The van der Waals surface area contributed by atoms with E-state index in [2.05, 4.69) is 10.2 Å². The highest BCUT2D eigenvalue weighted by Crippen LogP contribution is 2.29. The molecule has 25 heavy (non-hydrogen) atoms. The fourth-order valence-electron chi connectivity index (χ4n) is 2.83. The van der Waals surface area contributed by atoms with Gasteiger partial charge in [0.05, 0.1) is 17.8 Å². The van der Waals surface area contributed by atoms with Crippen molar-refractivity contribution in [2.75, 3.05) is 39.1 Å². The molecule has 1 amide bonds. The number of piperidine rings is 1. The lowest BCUT2D eigenvalue weighted by Crippen LogP contribution is -2.44. The van der Waals surface area contributed by atoms with Crippen LogP contribution in [0.4, 0.5) is 5.69 Å². The third kappa shape index (κ3) is 5.51. The van der Waals surface area contributed by atoms with E-state index in [-0.39, 0.29) is 29.1 Å². The minimum absolute atomic E-state index is 0.00323. The summed E-state index contributed by atoms with van der Waals surface area (Å²) in [5.74, 6) is -0.154. The molecule has 0 spiro atoms. The second kappa shape index (κ2) is 8.92. The number of nitrogens with one attached hydrogen (secondary N) is 1. The summed E-state index contributed by atoms with van der Waals surface area (Å²) in [6.45, 7) is 4.17. The molecule has 0 aromatic heterocycles. The van der Waals surface area contributed by atoms with Gasteiger partial charge in [0.1, 0.15) is 17.9 Å². The lowest BCUT2D eigenvalue weighted by molar-refractivity contribution is -0.120. The van der Waals surface area contributed by atoms with Crippen LogP contribution in [0.25, 0.3) is 0 Å². The number of hydrogen-bond donors (Lipinski definition) is 2. The average Bonchev–Trinajstić information content (AvgIpc) is 2.57. The second-order valence-electron chi connectivity index (χ2n) is 6.03. The SMILES string of the molecule is COc1cc(N)c(Cl)cc1C(=O)OCCN1CCC(NC(C)=O)CC1. The van der Waals surface area contributed by atoms with Crippen molar-refractivity contribution in [1.82, 2.24) is 10.2 Å². The maximum atomic E-state index is 12.2. The molecule has 1 aliphatic rings. The van der Waals surface area contributed by atoms with Gasteiger partial charge in [-0.3, -0.25) is 9.69 Å². The van der Waals surface area contributed by atoms with Crippen LogP contribution in [0.2, 0.25) is 5.02 Å². The van der Waals surface area contributed by atoms with E-state index < -0.39 is 5.97 Å². The maximum absolute atomic E-state index is 12.2. The van der Waals surface area contributed by atoms with Crippen LogP contribution in [0.1, 0.15) is 30.1 Å². The lowest BCUT2D eigenvalue weighted by atomic mass is 10.1. The van der Waals surface area contributed by atoms with Gasteiger partial charge in [0, 0.05) is 38.7 Å². The van der Waals surface area contributed by atoms with Gasteiger partial charge in [0.25, 0.3) is 0 Å². The standard InChI is InChI=1S/C17H24ClN3O4/c1-11(22)20-12-3-5-21(6-4-12)7-8-25-17(23)13-9-14(18)15(19)10-16(13)24-2/h9-10,12H,3-8,19H2,1-2H3,(H,20,22). The molecule has 1 aliphatic heterocycles. The van der Waals surface area contributed by atoms with Crippen LogP contribution in [0.5, 0.6) is 5.75 Å². The van der Waals surface area contributed by atoms with Gasteiger partial charge in [0.2, 0.25) is 5.91 Å².